The number of carbonyl (C=O) groups is 2. The van der Waals surface area contributed by atoms with Gasteiger partial charge in [-0.2, -0.15) is 0 Å². The Morgan fingerprint density at radius 1 is 1.29 bits per heavy atom. The Hall–Kier alpha value is -1.80. The van der Waals surface area contributed by atoms with E-state index in [0.717, 1.165) is 4.88 Å². The zero-order valence-electron chi connectivity index (χ0n) is 12.0. The molecule has 0 saturated carbocycles. The topological polar surface area (TPSA) is 84.0 Å². The van der Waals surface area contributed by atoms with E-state index in [0.29, 0.717) is 21.9 Å². The molecule has 2 heterocycles. The second kappa shape index (κ2) is 6.77. The molecule has 0 aliphatic rings. The summed E-state index contributed by atoms with van der Waals surface area (Å²) >= 11 is 2.77. The van der Waals surface area contributed by atoms with Crippen LogP contribution < -0.4 is 10.6 Å². The summed E-state index contributed by atoms with van der Waals surface area (Å²) in [5, 5.41) is 8.21. The molecule has 0 radical (unpaired) electrons. The fourth-order valence-electron chi connectivity index (χ4n) is 1.54. The highest BCUT2D eigenvalue weighted by Crippen LogP contribution is 2.25. The molecule has 112 valence electrons. The second-order valence-corrected chi connectivity index (χ2v) is 6.69. The number of amides is 2. The standard InChI is InChI=1S/C13H16N4O2S2/c1-7(2)10-5-14-12(21-10)17-11(19)4-9-6-20-13(16-9)15-8(3)18/h5-7H,4H2,1-3H3,(H,14,17,19)(H,15,16,18). The van der Waals surface area contributed by atoms with Gasteiger partial charge in [0.25, 0.3) is 0 Å². The van der Waals surface area contributed by atoms with Crippen LogP contribution in [0.4, 0.5) is 10.3 Å². The van der Waals surface area contributed by atoms with Gasteiger partial charge >= 0.3 is 0 Å². The lowest BCUT2D eigenvalue weighted by molar-refractivity contribution is -0.116. The van der Waals surface area contributed by atoms with E-state index in [1.807, 2.05) is 0 Å². The maximum Gasteiger partial charge on any atom is 0.232 e. The van der Waals surface area contributed by atoms with Crippen molar-refractivity contribution < 1.29 is 9.59 Å². The van der Waals surface area contributed by atoms with Crippen molar-refractivity contribution in [2.45, 2.75) is 33.1 Å². The number of hydrogen-bond donors (Lipinski definition) is 2. The van der Waals surface area contributed by atoms with Crippen molar-refractivity contribution >= 4 is 44.8 Å². The van der Waals surface area contributed by atoms with Gasteiger partial charge in [0, 0.05) is 23.4 Å². The molecule has 0 saturated heterocycles. The van der Waals surface area contributed by atoms with Crippen LogP contribution in [0.2, 0.25) is 0 Å². The molecule has 2 amide bonds. The van der Waals surface area contributed by atoms with E-state index < -0.39 is 0 Å². The van der Waals surface area contributed by atoms with Crippen LogP contribution in [-0.2, 0) is 16.0 Å². The molecule has 0 spiro atoms. The van der Waals surface area contributed by atoms with Crippen LogP contribution in [0.3, 0.4) is 0 Å². The fraction of sp³-hybridized carbons (Fsp3) is 0.385. The van der Waals surface area contributed by atoms with Gasteiger partial charge in [0.15, 0.2) is 10.3 Å². The Morgan fingerprint density at radius 3 is 2.67 bits per heavy atom. The molecule has 21 heavy (non-hydrogen) atoms. The summed E-state index contributed by atoms with van der Waals surface area (Å²) in [4.78, 5) is 32.3. The van der Waals surface area contributed by atoms with E-state index in [2.05, 4.69) is 34.4 Å². The van der Waals surface area contributed by atoms with Crippen LogP contribution >= 0.6 is 22.7 Å². The lowest BCUT2D eigenvalue weighted by Gasteiger charge is -2.00. The number of nitrogens with one attached hydrogen (secondary N) is 2. The summed E-state index contributed by atoms with van der Waals surface area (Å²) in [5.74, 6) is 0.0515. The van der Waals surface area contributed by atoms with Crippen molar-refractivity contribution in [3.05, 3.63) is 22.1 Å². The molecule has 0 bridgehead atoms. The summed E-state index contributed by atoms with van der Waals surface area (Å²) in [6.07, 6.45) is 1.94. The molecule has 0 aromatic carbocycles. The normalized spacial score (nSPS) is 10.7. The quantitative estimate of drug-likeness (QED) is 0.886. The first-order valence-corrected chi connectivity index (χ1v) is 8.11. The SMILES string of the molecule is CC(=O)Nc1nc(CC(=O)Nc2ncc(C(C)C)s2)cs1. The first kappa shape index (κ1) is 15.6. The van der Waals surface area contributed by atoms with Gasteiger partial charge in [0.1, 0.15) is 0 Å². The zero-order chi connectivity index (χ0) is 15.4. The van der Waals surface area contributed by atoms with E-state index >= 15 is 0 Å². The number of rotatable bonds is 5. The first-order valence-electron chi connectivity index (χ1n) is 6.41. The Bertz CT molecular complexity index is 648. The lowest BCUT2D eigenvalue weighted by atomic mass is 10.2. The zero-order valence-corrected chi connectivity index (χ0v) is 13.6. The number of thiazole rings is 2. The third-order valence-corrected chi connectivity index (χ3v) is 4.54. The molecule has 2 N–H and O–H groups in total. The van der Waals surface area contributed by atoms with Crippen LogP contribution in [0, 0.1) is 0 Å². The molecule has 2 aromatic rings. The first-order chi connectivity index (χ1) is 9.94. The van der Waals surface area contributed by atoms with Crippen LogP contribution in [-0.4, -0.2) is 21.8 Å². The molecular weight excluding hydrogens is 308 g/mol. The van der Waals surface area contributed by atoms with E-state index in [1.54, 1.807) is 11.6 Å². The van der Waals surface area contributed by atoms with Crippen molar-refractivity contribution in [1.82, 2.24) is 9.97 Å². The smallest absolute Gasteiger partial charge is 0.232 e. The number of hydrogen-bond acceptors (Lipinski definition) is 6. The Balaban J connectivity index is 1.91. The van der Waals surface area contributed by atoms with Crippen LogP contribution in [0.5, 0.6) is 0 Å². The minimum Gasteiger partial charge on any atom is -0.302 e. The highest BCUT2D eigenvalue weighted by atomic mass is 32.1. The van der Waals surface area contributed by atoms with E-state index in [4.69, 9.17) is 0 Å². The van der Waals surface area contributed by atoms with Crippen LogP contribution in [0.25, 0.3) is 0 Å². The van der Waals surface area contributed by atoms with E-state index in [-0.39, 0.29) is 18.2 Å². The largest absolute Gasteiger partial charge is 0.302 e. The molecule has 0 aliphatic carbocycles. The Kier molecular flexibility index (Phi) is 5.03. The second-order valence-electron chi connectivity index (χ2n) is 4.77. The average molecular weight is 324 g/mol. The molecule has 0 fully saturated rings. The van der Waals surface area contributed by atoms with Crippen molar-refractivity contribution in [2.75, 3.05) is 10.6 Å². The van der Waals surface area contributed by atoms with Gasteiger partial charge in [-0.25, -0.2) is 9.97 Å². The van der Waals surface area contributed by atoms with Gasteiger partial charge in [-0.1, -0.05) is 13.8 Å². The number of carbonyl (C=O) groups excluding carboxylic acids is 2. The Labute approximate surface area is 130 Å². The summed E-state index contributed by atoms with van der Waals surface area (Å²) < 4.78 is 0. The maximum absolute atomic E-state index is 11.9. The molecular formula is C13H16N4O2S2. The van der Waals surface area contributed by atoms with Gasteiger partial charge in [-0.15, -0.1) is 22.7 Å². The molecule has 2 aromatic heterocycles. The molecule has 0 unspecified atom stereocenters. The summed E-state index contributed by atoms with van der Waals surface area (Å²) in [6.45, 7) is 5.58. The highest BCUT2D eigenvalue weighted by Gasteiger charge is 2.11. The molecule has 6 nitrogen and oxygen atoms in total. The van der Waals surface area contributed by atoms with E-state index in [1.165, 1.54) is 29.6 Å². The van der Waals surface area contributed by atoms with E-state index in [9.17, 15) is 9.59 Å². The number of aromatic nitrogens is 2. The molecule has 0 atom stereocenters. The third-order valence-electron chi connectivity index (χ3n) is 2.52. The van der Waals surface area contributed by atoms with Gasteiger partial charge in [-0.05, 0) is 5.92 Å². The number of nitrogens with zero attached hydrogens (tertiary/aromatic N) is 2. The molecule has 2 rings (SSSR count). The predicted octanol–water partition coefficient (Wildman–Crippen LogP) is 2.86. The molecule has 0 aliphatic heterocycles. The minimum absolute atomic E-state index is 0.159. The lowest BCUT2D eigenvalue weighted by Crippen LogP contribution is -2.14. The van der Waals surface area contributed by atoms with Crippen molar-refractivity contribution in [1.29, 1.82) is 0 Å². The maximum atomic E-state index is 11.9. The fourth-order valence-corrected chi connectivity index (χ4v) is 3.13. The summed E-state index contributed by atoms with van der Waals surface area (Å²) in [7, 11) is 0. The van der Waals surface area contributed by atoms with Crippen molar-refractivity contribution in [2.24, 2.45) is 0 Å². The monoisotopic (exact) mass is 324 g/mol. The minimum atomic E-state index is -0.177. The van der Waals surface area contributed by atoms with Crippen molar-refractivity contribution in [3.63, 3.8) is 0 Å². The average Bonchev–Trinajstić information content (AvgIpc) is 2.98. The van der Waals surface area contributed by atoms with Gasteiger partial charge in [0.2, 0.25) is 11.8 Å². The van der Waals surface area contributed by atoms with Crippen LogP contribution in [0.1, 0.15) is 37.3 Å². The molecule has 8 heteroatoms. The summed E-state index contributed by atoms with van der Waals surface area (Å²) in [6, 6.07) is 0. The number of anilines is 2. The van der Waals surface area contributed by atoms with Gasteiger partial charge in [0.05, 0.1) is 12.1 Å². The summed E-state index contributed by atoms with van der Waals surface area (Å²) in [5.41, 5.74) is 0.627. The van der Waals surface area contributed by atoms with Gasteiger partial charge in [-0.3, -0.25) is 9.59 Å². The Morgan fingerprint density at radius 2 is 2.05 bits per heavy atom. The third kappa shape index (κ3) is 4.61. The van der Waals surface area contributed by atoms with Crippen molar-refractivity contribution in [3.8, 4) is 0 Å². The highest BCUT2D eigenvalue weighted by molar-refractivity contribution is 7.15. The van der Waals surface area contributed by atoms with Gasteiger partial charge < -0.3 is 10.6 Å². The predicted molar refractivity (Wildman–Crippen MR) is 85.0 cm³/mol. The van der Waals surface area contributed by atoms with Crippen LogP contribution in [0.15, 0.2) is 11.6 Å².